The third-order valence-electron chi connectivity index (χ3n) is 26.2. The predicted octanol–water partition coefficient (Wildman–Crippen LogP) is 15.9. The number of pyridine rings is 4. The lowest BCUT2D eigenvalue weighted by atomic mass is 9.99. The monoisotopic (exact) mass is 1950 g/mol. The highest BCUT2D eigenvalue weighted by Gasteiger charge is 2.46. The van der Waals surface area contributed by atoms with E-state index < -0.39 is 64.9 Å². The van der Waals surface area contributed by atoms with Crippen molar-refractivity contribution >= 4 is 58.0 Å². The molecule has 4 amide bonds. The summed E-state index contributed by atoms with van der Waals surface area (Å²) in [5, 5.41) is 42.2. The van der Waals surface area contributed by atoms with E-state index in [0.717, 1.165) is 136 Å². The van der Waals surface area contributed by atoms with Gasteiger partial charge in [-0.1, -0.05) is 11.6 Å². The second-order valence-corrected chi connectivity index (χ2v) is 38.1. The fourth-order valence-electron chi connectivity index (χ4n) is 17.6. The lowest BCUT2D eigenvalue weighted by Gasteiger charge is -2.37. The number of amides is 4. The molecule has 8 fully saturated rings. The molecule has 0 radical (unpaired) electrons. The Morgan fingerprint density at radius 2 is 0.707 bits per heavy atom. The molecule has 8 aliphatic rings. The number of ether oxygens (including phenoxy) is 1. The molecule has 736 valence electrons. The first kappa shape index (κ1) is 98.5. The number of carbonyl (C=O) groups is 4. The molecule has 0 unspecified atom stereocenters. The third-order valence-corrected chi connectivity index (χ3v) is 26.5. The summed E-state index contributed by atoms with van der Waals surface area (Å²) < 4.78 is 141. The molecule has 0 spiro atoms. The first-order valence-corrected chi connectivity index (χ1v) is 47.5. The van der Waals surface area contributed by atoms with Crippen LogP contribution >= 0.6 is 11.6 Å². The van der Waals surface area contributed by atoms with Crippen LogP contribution in [0.3, 0.4) is 0 Å². The van der Waals surface area contributed by atoms with Gasteiger partial charge in [-0.2, -0.15) is 20.4 Å². The van der Waals surface area contributed by atoms with E-state index in [4.69, 9.17) is 16.3 Å². The minimum Gasteiger partial charge on any atom is -0.381 e. The quantitative estimate of drug-likeness (QED) is 0.0222. The number of rotatable bonds is 27. The number of hydrogen-bond acceptors (Lipinski definition) is 21. The van der Waals surface area contributed by atoms with Crippen molar-refractivity contribution in [2.24, 2.45) is 0 Å². The molecule has 12 aromatic rings. The zero-order chi connectivity index (χ0) is 98.4. The Morgan fingerprint density at radius 1 is 0.386 bits per heavy atom. The summed E-state index contributed by atoms with van der Waals surface area (Å²) in [4.78, 5) is 74.6. The molecule has 39 heteroatoms. The summed E-state index contributed by atoms with van der Waals surface area (Å²) in [6, 6.07) is 17.9. The van der Waals surface area contributed by atoms with Gasteiger partial charge in [0, 0.05) is 129 Å². The molecule has 4 saturated heterocycles. The van der Waals surface area contributed by atoms with Gasteiger partial charge in [-0.25, -0.2) is 58.2 Å². The number of alkyl halides is 5. The number of piperidine rings is 4. The predicted molar refractivity (Wildman–Crippen MR) is 517 cm³/mol. The summed E-state index contributed by atoms with van der Waals surface area (Å²) in [7, 11) is 7.20. The van der Waals surface area contributed by atoms with E-state index in [1.807, 2.05) is 25.3 Å². The Morgan fingerprint density at radius 3 is 1.04 bits per heavy atom. The molecule has 29 nitrogen and oxygen atoms in total. The van der Waals surface area contributed by atoms with Crippen molar-refractivity contribution in [1.82, 2.24) is 99.9 Å². The molecule has 0 bridgehead atoms. The fourth-order valence-corrected chi connectivity index (χ4v) is 17.9. The minimum absolute atomic E-state index is 0.00262. The molecule has 4 atom stereocenters. The second kappa shape index (κ2) is 42.9. The van der Waals surface area contributed by atoms with E-state index >= 15 is 0 Å². The van der Waals surface area contributed by atoms with Crippen LogP contribution in [-0.2, 0) is 4.74 Å². The van der Waals surface area contributed by atoms with Crippen LogP contribution in [0, 0.1) is 44.0 Å². The minimum atomic E-state index is -2.86. The van der Waals surface area contributed by atoms with Crippen LogP contribution in [0.2, 0.25) is 5.02 Å². The van der Waals surface area contributed by atoms with Gasteiger partial charge in [0.25, 0.3) is 35.5 Å². The molecule has 8 aromatic heterocycles. The van der Waals surface area contributed by atoms with E-state index in [2.05, 4.69) is 99.7 Å². The lowest BCUT2D eigenvalue weighted by Crippen LogP contribution is -2.53. The van der Waals surface area contributed by atoms with Gasteiger partial charge < -0.3 is 66.9 Å². The van der Waals surface area contributed by atoms with Gasteiger partial charge in [0.05, 0.1) is 184 Å². The van der Waals surface area contributed by atoms with Crippen LogP contribution in [-0.4, -0.2) is 262 Å². The Hall–Kier alpha value is -13.1. The van der Waals surface area contributed by atoms with Crippen LogP contribution in [0.1, 0.15) is 142 Å². The first-order chi connectivity index (χ1) is 67.3. The Balaban J connectivity index is 0.000000129. The maximum absolute atomic E-state index is 14.5. The first-order valence-electron chi connectivity index (χ1n) is 47.1. The number of likely N-dealkylation sites (N-methyl/N-ethyl adjacent to an activating group) is 1. The smallest absolute Gasteiger partial charge is 0.280 e. The fraction of sp³-hybridized carbons (Fsp3) is 0.406. The topological polar surface area (TPSA) is 310 Å². The highest BCUT2D eigenvalue weighted by Crippen LogP contribution is 2.39. The molecule has 4 saturated carbocycles. The van der Waals surface area contributed by atoms with Crippen molar-refractivity contribution in [3.8, 4) is 67.3 Å². The number of nitrogens with zero attached hydrogens (tertiary/aromatic N) is 16. The maximum atomic E-state index is 14.5. The summed E-state index contributed by atoms with van der Waals surface area (Å²) in [5.74, 6) is -9.66. The number of aromatic nitrogens is 12. The molecule has 20 rings (SSSR count). The van der Waals surface area contributed by atoms with Gasteiger partial charge in [-0.15, -0.1) is 0 Å². The van der Waals surface area contributed by atoms with Gasteiger partial charge in [0.15, 0.2) is 0 Å². The van der Waals surface area contributed by atoms with Gasteiger partial charge in [0.2, 0.25) is 0 Å². The zero-order valence-electron chi connectivity index (χ0n) is 78.6. The van der Waals surface area contributed by atoms with Gasteiger partial charge >= 0.3 is 0 Å². The second-order valence-electron chi connectivity index (χ2n) is 37.7. The highest BCUT2D eigenvalue weighted by atomic mass is 35.5. The number of hydrogen-bond donors (Lipinski definition) is 8. The van der Waals surface area contributed by atoms with E-state index in [9.17, 15) is 58.7 Å². The maximum Gasteiger partial charge on any atom is 0.280 e. The van der Waals surface area contributed by atoms with Crippen LogP contribution in [0.4, 0.5) is 62.3 Å². The molecular weight excluding hydrogens is 1840 g/mol. The normalized spacial score (nSPS) is 19.4. The summed E-state index contributed by atoms with van der Waals surface area (Å²) >= 11 is 6.34. The molecule has 4 aliphatic heterocycles. The molecule has 4 aromatic carbocycles. The average molecular weight is 1950 g/mol. The summed E-state index contributed by atoms with van der Waals surface area (Å²) in [6.07, 6.45) is 37.9. The number of aryl methyl sites for hydroxylation is 3. The molecule has 8 N–H and O–H groups in total. The number of methoxy groups -OCH3 is 1. The van der Waals surface area contributed by atoms with Crippen LogP contribution in [0.15, 0.2) is 172 Å². The van der Waals surface area contributed by atoms with Crippen LogP contribution in [0.5, 0.6) is 0 Å². The number of likely N-dealkylation sites (tertiary alicyclic amines) is 4. The number of carbonyl (C=O) groups excluding carboxylic acids is 4. The number of anilines is 4. The SMILES string of the molecule is CO[C@@H]1CN(C)CC[C@@H]1Nc1cncc(-n2cc(-c3cc(C(=O)NC4CC4)c(F)cc3Cl)cn2)c1.Cc1cc(F)c(C(=O)NC2CC2)cc1-c1cnn(-c2cncc(NC3CCN(CCF)CC3)c2)c1.Cc1cc(F)c(C(=O)NC2CC2)cc1-c1cnn(-c2cncc(N[C@@H]3CCN(C)CC3(F)F)c2)c1.Cc1cc(F)c(C(=O)NC2CC2)cc1-c1cnn(-c2cncc(N[C@H]3CCN(C)CC3(F)F)c2)c1. The van der Waals surface area contributed by atoms with E-state index in [0.29, 0.717) is 106 Å². The summed E-state index contributed by atoms with van der Waals surface area (Å²) in [6.45, 7) is 9.77. The van der Waals surface area contributed by atoms with Crippen molar-refractivity contribution in [3.63, 3.8) is 0 Å². The van der Waals surface area contributed by atoms with Crippen molar-refractivity contribution in [2.75, 3.05) is 115 Å². The van der Waals surface area contributed by atoms with E-state index in [-0.39, 0.29) is 89.3 Å². The number of benzene rings is 4. The Kier molecular flexibility index (Phi) is 30.2. The van der Waals surface area contributed by atoms with Gasteiger partial charge in [0.1, 0.15) is 29.9 Å². The average Bonchev–Trinajstić information content (AvgIpc) is 1.63. The highest BCUT2D eigenvalue weighted by molar-refractivity contribution is 6.33. The molecule has 12 heterocycles. The van der Waals surface area contributed by atoms with Crippen molar-refractivity contribution < 1.29 is 63.4 Å². The Labute approximate surface area is 809 Å². The van der Waals surface area contributed by atoms with Crippen molar-refractivity contribution in [3.05, 3.63) is 239 Å². The van der Waals surface area contributed by atoms with Crippen molar-refractivity contribution in [2.45, 2.75) is 171 Å². The Bertz CT molecular complexity index is 6280. The van der Waals surface area contributed by atoms with Crippen LogP contribution < -0.4 is 42.5 Å². The standard InChI is InChI=1S/C26H30F2N6O.C25H28ClFN6O2.2C25H27F3N6O/c1-17-10-25(28)24(26(35)32-19-2-3-19)12-23(17)18-13-30-34(16-18)22-11-21(14-29-15-22)31-20-4-7-33(8-5-20)9-6-27;1-32-6-5-23(24(14-32)35-2)30-17-7-18(12-28-11-17)33-13-15(10-29-33)19-8-20(22(27)9-21(19)26)25(34)31-16-3-4-16;2*1-15-7-22(26)21(24(35)32-17-3-4-17)9-20(15)16-10-30-34(13-16)19-8-18(11-29-12-19)31-23-5-6-33(2)14-25(23,27)28/h10-16,19-20,31H,2-9H2,1H3,(H,32,35);7-13,16,23-24,30H,3-6,14H2,1-2H3,(H,31,34);2*7-13,17,23,31H,3-6,14H2,1-2H3,(H,32,35)/t;23-,24+;2*23-/m.010/s1. The van der Waals surface area contributed by atoms with Crippen LogP contribution in [0.25, 0.3) is 67.3 Å². The van der Waals surface area contributed by atoms with Gasteiger partial charge in [-0.3, -0.25) is 39.1 Å². The van der Waals surface area contributed by atoms with Gasteiger partial charge in [-0.05, 0) is 238 Å². The lowest BCUT2D eigenvalue weighted by molar-refractivity contribution is -0.0677. The largest absolute Gasteiger partial charge is 0.381 e. The molecular formula is C101H112ClF9N24O5. The molecule has 140 heavy (non-hydrogen) atoms. The van der Waals surface area contributed by atoms with Crippen molar-refractivity contribution in [1.29, 1.82) is 0 Å². The molecule has 4 aliphatic carbocycles. The summed E-state index contributed by atoms with van der Waals surface area (Å²) in [5.41, 5.74) is 13.1. The number of halogens is 10. The van der Waals surface area contributed by atoms with E-state index in [1.165, 1.54) is 42.7 Å². The van der Waals surface area contributed by atoms with E-state index in [1.54, 1.807) is 174 Å². The third kappa shape index (κ3) is 24.6. The number of nitrogens with one attached hydrogen (secondary N) is 8. The zero-order valence-corrected chi connectivity index (χ0v) is 79.4.